The second-order valence-electron chi connectivity index (χ2n) is 5.44. The lowest BCUT2D eigenvalue weighted by Gasteiger charge is -2.31. The quantitative estimate of drug-likeness (QED) is 0.864. The van der Waals surface area contributed by atoms with Crippen LogP contribution in [0.15, 0.2) is 18.5 Å². The number of aliphatic hydroxyl groups excluding tert-OH is 1. The van der Waals surface area contributed by atoms with E-state index in [-0.39, 0.29) is 6.10 Å². The van der Waals surface area contributed by atoms with Gasteiger partial charge in [0.1, 0.15) is 0 Å². The molecule has 3 atom stereocenters. The monoisotopic (exact) mass is 233 g/mol. The molecule has 1 aromatic rings. The van der Waals surface area contributed by atoms with E-state index in [0.717, 1.165) is 23.5 Å². The third kappa shape index (κ3) is 3.06. The number of hydrogen-bond acceptors (Lipinski definition) is 2. The van der Waals surface area contributed by atoms with E-state index in [1.807, 2.05) is 19.3 Å². The molecule has 2 heteroatoms. The van der Waals surface area contributed by atoms with Gasteiger partial charge in [-0.15, -0.1) is 0 Å². The van der Waals surface area contributed by atoms with E-state index in [4.69, 9.17) is 0 Å². The summed E-state index contributed by atoms with van der Waals surface area (Å²) in [4.78, 5) is 4.18. The van der Waals surface area contributed by atoms with E-state index < -0.39 is 0 Å². The molecule has 0 saturated heterocycles. The zero-order valence-corrected chi connectivity index (χ0v) is 10.9. The average Bonchev–Trinajstić information content (AvgIpc) is 2.38. The van der Waals surface area contributed by atoms with Crippen molar-refractivity contribution in [2.45, 2.75) is 52.1 Å². The van der Waals surface area contributed by atoms with Gasteiger partial charge in [0.05, 0.1) is 6.10 Å². The summed E-state index contributed by atoms with van der Waals surface area (Å²) in [7, 11) is 0. The first-order valence-corrected chi connectivity index (χ1v) is 6.80. The average molecular weight is 233 g/mol. The number of aliphatic hydroxyl groups is 1. The molecule has 1 heterocycles. The van der Waals surface area contributed by atoms with Gasteiger partial charge >= 0.3 is 0 Å². The summed E-state index contributed by atoms with van der Waals surface area (Å²) in [5.74, 6) is 1.23. The summed E-state index contributed by atoms with van der Waals surface area (Å²) >= 11 is 0. The van der Waals surface area contributed by atoms with E-state index in [1.54, 1.807) is 0 Å². The topological polar surface area (TPSA) is 33.1 Å². The largest absolute Gasteiger partial charge is 0.388 e. The maximum atomic E-state index is 10.4. The molecule has 1 N–H and O–H groups in total. The Hall–Kier alpha value is -0.890. The smallest absolute Gasteiger partial charge is 0.0833 e. The van der Waals surface area contributed by atoms with E-state index in [9.17, 15) is 5.11 Å². The van der Waals surface area contributed by atoms with E-state index in [2.05, 4.69) is 18.0 Å². The molecule has 2 nitrogen and oxygen atoms in total. The number of rotatable bonds is 3. The van der Waals surface area contributed by atoms with Gasteiger partial charge in [0.25, 0.3) is 0 Å². The molecule has 1 aliphatic rings. The molecule has 0 spiro atoms. The fraction of sp³-hybridized carbons (Fsp3) is 0.667. The van der Waals surface area contributed by atoms with Crippen LogP contribution in [0.5, 0.6) is 0 Å². The Kier molecular flexibility index (Phi) is 4.16. The molecule has 0 bridgehead atoms. The molecule has 3 unspecified atom stereocenters. The Balaban J connectivity index is 2.06. The molecule has 1 aromatic heterocycles. The minimum absolute atomic E-state index is 0.322. The lowest BCUT2D eigenvalue weighted by molar-refractivity contribution is 0.0675. The van der Waals surface area contributed by atoms with Gasteiger partial charge in [0, 0.05) is 12.4 Å². The first-order valence-electron chi connectivity index (χ1n) is 6.80. The molecular formula is C15H23NO. The highest BCUT2D eigenvalue weighted by Crippen LogP contribution is 2.38. The van der Waals surface area contributed by atoms with Gasteiger partial charge in [-0.25, -0.2) is 0 Å². The summed E-state index contributed by atoms with van der Waals surface area (Å²) in [6.07, 6.45) is 9.51. The van der Waals surface area contributed by atoms with E-state index >= 15 is 0 Å². The minimum Gasteiger partial charge on any atom is -0.388 e. The van der Waals surface area contributed by atoms with E-state index in [1.165, 1.54) is 25.7 Å². The zero-order valence-electron chi connectivity index (χ0n) is 10.9. The standard InChI is InChI=1S/C15H23NO/c1-3-12-5-4-6-13(8-12)15(17)14-7-11(2)9-16-10-14/h7,9-10,12-13,15,17H,3-6,8H2,1-2H3. The molecular weight excluding hydrogens is 210 g/mol. The van der Waals surface area contributed by atoms with Crippen molar-refractivity contribution in [2.24, 2.45) is 11.8 Å². The molecule has 17 heavy (non-hydrogen) atoms. The van der Waals surface area contributed by atoms with Crippen molar-refractivity contribution in [3.05, 3.63) is 29.6 Å². The zero-order chi connectivity index (χ0) is 12.3. The summed E-state index contributed by atoms with van der Waals surface area (Å²) < 4.78 is 0. The van der Waals surface area contributed by atoms with Crippen molar-refractivity contribution in [3.8, 4) is 0 Å². The van der Waals surface area contributed by atoms with Gasteiger partial charge < -0.3 is 5.11 Å². The van der Waals surface area contributed by atoms with Crippen LogP contribution < -0.4 is 0 Å². The van der Waals surface area contributed by atoms with Crippen LogP contribution in [0.3, 0.4) is 0 Å². The van der Waals surface area contributed by atoms with Crippen LogP contribution in [0, 0.1) is 18.8 Å². The molecule has 1 aliphatic carbocycles. The lowest BCUT2D eigenvalue weighted by atomic mass is 9.76. The Morgan fingerprint density at radius 3 is 2.94 bits per heavy atom. The minimum atomic E-state index is -0.322. The van der Waals surface area contributed by atoms with Crippen molar-refractivity contribution >= 4 is 0 Å². The van der Waals surface area contributed by atoms with Gasteiger partial charge in [-0.1, -0.05) is 32.3 Å². The first-order chi connectivity index (χ1) is 8.20. The fourth-order valence-electron chi connectivity index (χ4n) is 3.00. The summed E-state index contributed by atoms with van der Waals surface area (Å²) in [5.41, 5.74) is 2.12. The second-order valence-corrected chi connectivity index (χ2v) is 5.44. The Morgan fingerprint density at radius 2 is 2.24 bits per heavy atom. The third-order valence-electron chi connectivity index (χ3n) is 4.08. The van der Waals surface area contributed by atoms with Crippen molar-refractivity contribution in [2.75, 3.05) is 0 Å². The van der Waals surface area contributed by atoms with Crippen LogP contribution in [-0.4, -0.2) is 10.1 Å². The Morgan fingerprint density at radius 1 is 1.41 bits per heavy atom. The maximum absolute atomic E-state index is 10.4. The Bertz CT molecular complexity index is 364. The van der Waals surface area contributed by atoms with Crippen molar-refractivity contribution in [1.29, 1.82) is 0 Å². The lowest BCUT2D eigenvalue weighted by Crippen LogP contribution is -2.21. The third-order valence-corrected chi connectivity index (χ3v) is 4.08. The number of aryl methyl sites for hydroxylation is 1. The van der Waals surface area contributed by atoms with Crippen molar-refractivity contribution in [1.82, 2.24) is 4.98 Å². The molecule has 0 radical (unpaired) electrons. The van der Waals surface area contributed by atoms with Crippen LogP contribution in [0.25, 0.3) is 0 Å². The summed E-state index contributed by atoms with van der Waals surface area (Å²) in [6.45, 7) is 4.28. The predicted octanol–water partition coefficient (Wildman–Crippen LogP) is 3.64. The number of aromatic nitrogens is 1. The molecule has 94 valence electrons. The van der Waals surface area contributed by atoms with Gasteiger partial charge in [-0.3, -0.25) is 4.98 Å². The SMILES string of the molecule is CCC1CCCC(C(O)c2cncc(C)c2)C1. The Labute approximate surface area is 104 Å². The van der Waals surface area contributed by atoms with Crippen LogP contribution in [-0.2, 0) is 0 Å². The molecule has 0 aliphatic heterocycles. The molecule has 1 saturated carbocycles. The second kappa shape index (κ2) is 5.63. The molecule has 2 rings (SSSR count). The fourth-order valence-corrected chi connectivity index (χ4v) is 3.00. The highest BCUT2D eigenvalue weighted by atomic mass is 16.3. The summed E-state index contributed by atoms with van der Waals surface area (Å²) in [5, 5.41) is 10.4. The van der Waals surface area contributed by atoms with Crippen LogP contribution in [0.1, 0.15) is 56.3 Å². The highest BCUT2D eigenvalue weighted by Gasteiger charge is 2.27. The van der Waals surface area contributed by atoms with Gasteiger partial charge in [-0.05, 0) is 42.7 Å². The predicted molar refractivity (Wildman–Crippen MR) is 69.7 cm³/mol. The van der Waals surface area contributed by atoms with Crippen LogP contribution in [0.2, 0.25) is 0 Å². The van der Waals surface area contributed by atoms with Gasteiger partial charge in [-0.2, -0.15) is 0 Å². The normalized spacial score (nSPS) is 26.8. The van der Waals surface area contributed by atoms with Gasteiger partial charge in [0.2, 0.25) is 0 Å². The van der Waals surface area contributed by atoms with Crippen molar-refractivity contribution in [3.63, 3.8) is 0 Å². The van der Waals surface area contributed by atoms with Crippen molar-refractivity contribution < 1.29 is 5.11 Å². The highest BCUT2D eigenvalue weighted by molar-refractivity contribution is 5.19. The maximum Gasteiger partial charge on any atom is 0.0833 e. The summed E-state index contributed by atoms with van der Waals surface area (Å²) in [6, 6.07) is 2.06. The van der Waals surface area contributed by atoms with Crippen LogP contribution >= 0.6 is 0 Å². The van der Waals surface area contributed by atoms with Gasteiger partial charge in [0.15, 0.2) is 0 Å². The molecule has 1 fully saturated rings. The number of hydrogen-bond donors (Lipinski definition) is 1. The molecule has 0 amide bonds. The molecule has 0 aromatic carbocycles. The van der Waals surface area contributed by atoms with Crippen LogP contribution in [0.4, 0.5) is 0 Å². The first kappa shape index (κ1) is 12.6. The number of pyridine rings is 1. The van der Waals surface area contributed by atoms with E-state index in [0.29, 0.717) is 5.92 Å². The number of nitrogens with zero attached hydrogens (tertiary/aromatic N) is 1.